The van der Waals surface area contributed by atoms with Gasteiger partial charge < -0.3 is 19.7 Å². The van der Waals surface area contributed by atoms with Crippen LogP contribution in [0.1, 0.15) is 10.4 Å². The van der Waals surface area contributed by atoms with Crippen LogP contribution in [0.25, 0.3) is 0 Å². The topological polar surface area (TPSA) is 50.8 Å². The van der Waals surface area contributed by atoms with Crippen molar-refractivity contribution < 1.29 is 14.3 Å². The van der Waals surface area contributed by atoms with Crippen molar-refractivity contribution in [2.45, 2.75) is 0 Å². The molecular weight excluding hydrogens is 268 g/mol. The van der Waals surface area contributed by atoms with Crippen LogP contribution in [-0.4, -0.2) is 51.2 Å². The fourth-order valence-electron chi connectivity index (χ4n) is 2.09. The molecule has 1 aliphatic heterocycles. The van der Waals surface area contributed by atoms with Gasteiger partial charge in [-0.05, 0) is 12.1 Å². The van der Waals surface area contributed by atoms with Crippen LogP contribution in [0.15, 0.2) is 12.1 Å². The second-order valence-electron chi connectivity index (χ2n) is 4.24. The number of methoxy groups -OCH3 is 2. The Balaban J connectivity index is 2.29. The summed E-state index contributed by atoms with van der Waals surface area (Å²) in [6.45, 7) is 3.02. The molecule has 1 aromatic rings. The van der Waals surface area contributed by atoms with Crippen LogP contribution >= 0.6 is 11.6 Å². The van der Waals surface area contributed by atoms with E-state index in [1.165, 1.54) is 14.2 Å². The van der Waals surface area contributed by atoms with Gasteiger partial charge in [0.2, 0.25) is 0 Å². The highest BCUT2D eigenvalue weighted by molar-refractivity contribution is 6.32. The minimum atomic E-state index is -0.0376. The zero-order valence-electron chi connectivity index (χ0n) is 11.0. The molecule has 0 spiro atoms. The molecule has 0 aromatic heterocycles. The standard InChI is InChI=1S/C13H17ClN2O3/c1-18-11-8-9(7-10(14)12(11)19-2)13(17)16-5-3-15-4-6-16/h7-8,15H,3-6H2,1-2H3. The van der Waals surface area contributed by atoms with Crippen LogP contribution in [-0.2, 0) is 0 Å². The summed E-state index contributed by atoms with van der Waals surface area (Å²) in [5.74, 6) is 0.874. The van der Waals surface area contributed by atoms with Crippen LogP contribution in [0.3, 0.4) is 0 Å². The lowest BCUT2D eigenvalue weighted by Crippen LogP contribution is -2.46. The number of carbonyl (C=O) groups is 1. The Hall–Kier alpha value is -1.46. The van der Waals surface area contributed by atoms with Gasteiger partial charge in [0.05, 0.1) is 19.2 Å². The average Bonchev–Trinajstić information content (AvgIpc) is 2.46. The number of nitrogens with one attached hydrogen (secondary N) is 1. The molecule has 19 heavy (non-hydrogen) atoms. The van der Waals surface area contributed by atoms with Crippen molar-refractivity contribution in [1.82, 2.24) is 10.2 Å². The SMILES string of the molecule is COc1cc(C(=O)N2CCNCC2)cc(Cl)c1OC. The molecule has 0 bridgehead atoms. The highest BCUT2D eigenvalue weighted by Crippen LogP contribution is 2.36. The zero-order valence-corrected chi connectivity index (χ0v) is 11.8. The molecule has 1 amide bonds. The largest absolute Gasteiger partial charge is 0.493 e. The summed E-state index contributed by atoms with van der Waals surface area (Å²) in [6, 6.07) is 3.28. The van der Waals surface area contributed by atoms with Gasteiger partial charge in [-0.1, -0.05) is 11.6 Å². The van der Waals surface area contributed by atoms with Crippen LogP contribution in [0.2, 0.25) is 5.02 Å². The van der Waals surface area contributed by atoms with Crippen molar-refractivity contribution in [3.8, 4) is 11.5 Å². The Labute approximate surface area is 117 Å². The van der Waals surface area contributed by atoms with E-state index in [4.69, 9.17) is 21.1 Å². The molecule has 0 atom stereocenters. The normalized spacial score (nSPS) is 15.2. The van der Waals surface area contributed by atoms with Crippen molar-refractivity contribution in [2.75, 3.05) is 40.4 Å². The van der Waals surface area contributed by atoms with Crippen molar-refractivity contribution in [3.05, 3.63) is 22.7 Å². The summed E-state index contributed by atoms with van der Waals surface area (Å²) in [7, 11) is 3.04. The molecule has 1 aromatic carbocycles. The summed E-state index contributed by atoms with van der Waals surface area (Å²) in [5.41, 5.74) is 0.518. The van der Waals surface area contributed by atoms with E-state index >= 15 is 0 Å². The van der Waals surface area contributed by atoms with Crippen molar-refractivity contribution in [1.29, 1.82) is 0 Å². The third-order valence-corrected chi connectivity index (χ3v) is 3.37. The van der Waals surface area contributed by atoms with Crippen molar-refractivity contribution >= 4 is 17.5 Å². The molecule has 104 valence electrons. The molecule has 0 saturated carbocycles. The molecule has 1 N–H and O–H groups in total. The van der Waals surface area contributed by atoms with Crippen LogP contribution < -0.4 is 14.8 Å². The maximum atomic E-state index is 12.4. The minimum absolute atomic E-state index is 0.0376. The van der Waals surface area contributed by atoms with E-state index < -0.39 is 0 Å². The Morgan fingerprint density at radius 1 is 1.26 bits per heavy atom. The number of rotatable bonds is 3. The highest BCUT2D eigenvalue weighted by atomic mass is 35.5. The number of ether oxygens (including phenoxy) is 2. The molecule has 1 fully saturated rings. The lowest BCUT2D eigenvalue weighted by atomic mass is 10.1. The predicted octanol–water partition coefficient (Wildman–Crippen LogP) is 1.40. The number of nitrogens with zero attached hydrogens (tertiary/aromatic N) is 1. The quantitative estimate of drug-likeness (QED) is 0.912. The van der Waals surface area contributed by atoms with E-state index in [-0.39, 0.29) is 5.91 Å². The lowest BCUT2D eigenvalue weighted by molar-refractivity contribution is 0.0735. The van der Waals surface area contributed by atoms with Gasteiger partial charge in [0.1, 0.15) is 0 Å². The van der Waals surface area contributed by atoms with Crippen molar-refractivity contribution in [3.63, 3.8) is 0 Å². The molecule has 0 aliphatic carbocycles. The first kappa shape index (κ1) is 14.0. The summed E-state index contributed by atoms with van der Waals surface area (Å²) in [6.07, 6.45) is 0. The van der Waals surface area contributed by atoms with Gasteiger partial charge in [-0.15, -0.1) is 0 Å². The summed E-state index contributed by atoms with van der Waals surface area (Å²) in [5, 5.41) is 3.58. The molecule has 1 heterocycles. The number of piperazine rings is 1. The number of hydrogen-bond donors (Lipinski definition) is 1. The third kappa shape index (κ3) is 2.93. The molecule has 1 saturated heterocycles. The Morgan fingerprint density at radius 3 is 2.53 bits per heavy atom. The molecular formula is C13H17ClN2O3. The van der Waals surface area contributed by atoms with Crippen LogP contribution in [0.5, 0.6) is 11.5 Å². The monoisotopic (exact) mass is 284 g/mol. The van der Waals surface area contributed by atoms with Gasteiger partial charge in [-0.25, -0.2) is 0 Å². The smallest absolute Gasteiger partial charge is 0.254 e. The molecule has 0 radical (unpaired) electrons. The first-order valence-electron chi connectivity index (χ1n) is 6.09. The summed E-state index contributed by atoms with van der Waals surface area (Å²) < 4.78 is 10.4. The number of halogens is 1. The van der Waals surface area contributed by atoms with Gasteiger partial charge >= 0.3 is 0 Å². The number of amides is 1. The first-order chi connectivity index (χ1) is 9.17. The second-order valence-corrected chi connectivity index (χ2v) is 4.64. The fourth-order valence-corrected chi connectivity index (χ4v) is 2.38. The van der Waals surface area contributed by atoms with Gasteiger partial charge in [0.25, 0.3) is 5.91 Å². The maximum Gasteiger partial charge on any atom is 0.254 e. The summed E-state index contributed by atoms with van der Waals surface area (Å²) in [4.78, 5) is 14.2. The molecule has 6 heteroatoms. The van der Waals surface area contributed by atoms with E-state index in [2.05, 4.69) is 5.32 Å². The molecule has 0 unspecified atom stereocenters. The zero-order chi connectivity index (χ0) is 13.8. The van der Waals surface area contributed by atoms with Gasteiger partial charge in [-0.3, -0.25) is 4.79 Å². The van der Waals surface area contributed by atoms with E-state index in [0.717, 1.165) is 13.1 Å². The number of carbonyl (C=O) groups excluding carboxylic acids is 1. The van der Waals surface area contributed by atoms with E-state index in [0.29, 0.717) is 35.2 Å². The predicted molar refractivity (Wildman–Crippen MR) is 73.3 cm³/mol. The molecule has 2 rings (SSSR count). The van der Waals surface area contributed by atoms with Gasteiger partial charge in [-0.2, -0.15) is 0 Å². The number of hydrogen-bond acceptors (Lipinski definition) is 4. The van der Waals surface area contributed by atoms with E-state index in [9.17, 15) is 4.79 Å². The Bertz CT molecular complexity index is 473. The fraction of sp³-hybridized carbons (Fsp3) is 0.462. The number of benzene rings is 1. The van der Waals surface area contributed by atoms with E-state index in [1.807, 2.05) is 0 Å². The Kier molecular flexibility index (Phi) is 4.50. The van der Waals surface area contributed by atoms with E-state index in [1.54, 1.807) is 17.0 Å². The van der Waals surface area contributed by atoms with Crippen LogP contribution in [0.4, 0.5) is 0 Å². The second kappa shape index (κ2) is 6.12. The highest BCUT2D eigenvalue weighted by Gasteiger charge is 2.21. The molecule has 1 aliphatic rings. The first-order valence-corrected chi connectivity index (χ1v) is 6.46. The van der Waals surface area contributed by atoms with Crippen molar-refractivity contribution in [2.24, 2.45) is 0 Å². The van der Waals surface area contributed by atoms with Crippen LogP contribution in [0, 0.1) is 0 Å². The minimum Gasteiger partial charge on any atom is -0.493 e. The molecule has 5 nitrogen and oxygen atoms in total. The summed E-state index contributed by atoms with van der Waals surface area (Å²) >= 11 is 6.11. The van der Waals surface area contributed by atoms with Gasteiger partial charge in [0, 0.05) is 31.7 Å². The maximum absolute atomic E-state index is 12.4. The lowest BCUT2D eigenvalue weighted by Gasteiger charge is -2.27. The Morgan fingerprint density at radius 2 is 1.95 bits per heavy atom. The van der Waals surface area contributed by atoms with Gasteiger partial charge in [0.15, 0.2) is 11.5 Å². The average molecular weight is 285 g/mol. The third-order valence-electron chi connectivity index (χ3n) is 3.08.